The van der Waals surface area contributed by atoms with Gasteiger partial charge in [0, 0.05) is 12.0 Å². The Kier molecular flexibility index (Phi) is 4.61. The zero-order valence-corrected chi connectivity index (χ0v) is 11.7. The van der Waals surface area contributed by atoms with E-state index in [0.717, 1.165) is 11.1 Å². The monoisotopic (exact) mass is 283 g/mol. The molecule has 0 aromatic heterocycles. The van der Waals surface area contributed by atoms with Crippen LogP contribution in [-0.4, -0.2) is 18.1 Å². The van der Waals surface area contributed by atoms with Gasteiger partial charge in [-0.2, -0.15) is 0 Å². The first-order valence-electron chi connectivity index (χ1n) is 6.51. The summed E-state index contributed by atoms with van der Waals surface area (Å²) >= 11 is 0. The van der Waals surface area contributed by atoms with E-state index in [2.05, 4.69) is 0 Å². The van der Waals surface area contributed by atoms with Gasteiger partial charge in [0.15, 0.2) is 11.5 Å². The van der Waals surface area contributed by atoms with E-state index >= 15 is 0 Å². The molecule has 2 aromatic rings. The number of primary amides is 1. The first-order valence-corrected chi connectivity index (χ1v) is 6.51. The van der Waals surface area contributed by atoms with E-state index in [1.807, 2.05) is 30.3 Å². The van der Waals surface area contributed by atoms with Crippen molar-refractivity contribution in [1.29, 1.82) is 0 Å². The van der Waals surface area contributed by atoms with Crippen molar-refractivity contribution >= 4 is 12.0 Å². The minimum Gasteiger partial charge on any atom is -0.504 e. The number of hydrogen-bond donors (Lipinski definition) is 2. The van der Waals surface area contributed by atoms with E-state index in [1.54, 1.807) is 18.2 Å². The number of aromatic hydroxyl groups is 1. The van der Waals surface area contributed by atoms with Crippen LogP contribution in [-0.2, 0) is 11.2 Å². The minimum absolute atomic E-state index is 0.0638. The second kappa shape index (κ2) is 6.61. The fourth-order valence-electron chi connectivity index (χ4n) is 2.01. The number of hydrogen-bond acceptors (Lipinski definition) is 3. The number of benzene rings is 2. The summed E-state index contributed by atoms with van der Waals surface area (Å²) < 4.78 is 5.06. The van der Waals surface area contributed by atoms with Crippen molar-refractivity contribution in [2.75, 3.05) is 7.11 Å². The molecule has 0 bridgehead atoms. The summed E-state index contributed by atoms with van der Waals surface area (Å²) in [4.78, 5) is 11.6. The second-order valence-corrected chi connectivity index (χ2v) is 4.63. The Labute approximate surface area is 123 Å². The molecule has 0 saturated carbocycles. The van der Waals surface area contributed by atoms with Gasteiger partial charge in [0.2, 0.25) is 5.91 Å². The zero-order valence-electron chi connectivity index (χ0n) is 11.7. The van der Waals surface area contributed by atoms with Gasteiger partial charge < -0.3 is 15.6 Å². The normalized spacial score (nSPS) is 11.2. The molecule has 0 saturated heterocycles. The predicted octanol–water partition coefficient (Wildman–Crippen LogP) is 2.51. The molecule has 0 spiro atoms. The van der Waals surface area contributed by atoms with Crippen LogP contribution in [0.5, 0.6) is 11.5 Å². The van der Waals surface area contributed by atoms with Crippen molar-refractivity contribution in [2.24, 2.45) is 5.73 Å². The van der Waals surface area contributed by atoms with Crippen LogP contribution in [0.3, 0.4) is 0 Å². The number of ether oxygens (including phenoxy) is 1. The molecular formula is C17H17NO3. The Balaban J connectivity index is 2.29. The largest absolute Gasteiger partial charge is 0.504 e. The lowest BCUT2D eigenvalue weighted by Gasteiger charge is -2.08. The Morgan fingerprint density at radius 1 is 1.24 bits per heavy atom. The number of methoxy groups -OCH3 is 1. The van der Waals surface area contributed by atoms with E-state index < -0.39 is 5.91 Å². The standard InChI is InChI=1S/C17H17NO3/c1-21-16-11-13(7-8-15(16)19)10-14(17(18)20)9-12-5-3-2-4-6-12/h2-9,11,19H,10H2,1H3,(H2,18,20). The molecule has 1 amide bonds. The fourth-order valence-corrected chi connectivity index (χ4v) is 2.01. The Morgan fingerprint density at radius 3 is 2.57 bits per heavy atom. The van der Waals surface area contributed by atoms with Gasteiger partial charge in [-0.3, -0.25) is 4.79 Å². The van der Waals surface area contributed by atoms with Crippen molar-refractivity contribution in [3.63, 3.8) is 0 Å². The van der Waals surface area contributed by atoms with Gasteiger partial charge >= 0.3 is 0 Å². The van der Waals surface area contributed by atoms with Crippen molar-refractivity contribution in [1.82, 2.24) is 0 Å². The molecule has 0 aliphatic carbocycles. The number of carbonyl (C=O) groups is 1. The van der Waals surface area contributed by atoms with E-state index in [0.29, 0.717) is 17.7 Å². The molecule has 0 aliphatic rings. The third kappa shape index (κ3) is 3.86. The molecule has 0 unspecified atom stereocenters. The van der Waals surface area contributed by atoms with Gasteiger partial charge in [0.1, 0.15) is 0 Å². The molecule has 0 radical (unpaired) electrons. The SMILES string of the molecule is COc1cc(CC(=Cc2ccccc2)C(N)=O)ccc1O. The average molecular weight is 283 g/mol. The number of rotatable bonds is 5. The molecular weight excluding hydrogens is 266 g/mol. The van der Waals surface area contributed by atoms with Crippen molar-refractivity contribution in [3.8, 4) is 11.5 Å². The summed E-state index contributed by atoms with van der Waals surface area (Å²) in [7, 11) is 1.48. The summed E-state index contributed by atoms with van der Waals surface area (Å²) in [6.07, 6.45) is 2.14. The molecule has 4 heteroatoms. The molecule has 4 nitrogen and oxygen atoms in total. The molecule has 108 valence electrons. The topological polar surface area (TPSA) is 72.5 Å². The van der Waals surface area contributed by atoms with Crippen LogP contribution in [0.1, 0.15) is 11.1 Å². The highest BCUT2D eigenvalue weighted by Gasteiger charge is 2.09. The Hall–Kier alpha value is -2.75. The smallest absolute Gasteiger partial charge is 0.244 e. The maximum Gasteiger partial charge on any atom is 0.244 e. The van der Waals surface area contributed by atoms with Crippen LogP contribution in [0.15, 0.2) is 54.1 Å². The van der Waals surface area contributed by atoms with E-state index in [9.17, 15) is 9.90 Å². The first kappa shape index (κ1) is 14.7. The van der Waals surface area contributed by atoms with E-state index in [1.165, 1.54) is 13.2 Å². The highest BCUT2D eigenvalue weighted by Crippen LogP contribution is 2.27. The Morgan fingerprint density at radius 2 is 1.95 bits per heavy atom. The summed E-state index contributed by atoms with van der Waals surface area (Å²) in [5.74, 6) is -0.0316. The van der Waals surface area contributed by atoms with Crippen LogP contribution in [0.25, 0.3) is 6.08 Å². The lowest BCUT2D eigenvalue weighted by Crippen LogP contribution is -2.15. The number of amides is 1. The van der Waals surface area contributed by atoms with Gasteiger partial charge in [-0.25, -0.2) is 0 Å². The maximum absolute atomic E-state index is 11.6. The molecule has 2 rings (SSSR count). The molecule has 2 aromatic carbocycles. The highest BCUT2D eigenvalue weighted by molar-refractivity contribution is 5.97. The summed E-state index contributed by atoms with van der Waals surface area (Å²) in [6, 6.07) is 14.5. The average Bonchev–Trinajstić information content (AvgIpc) is 2.49. The van der Waals surface area contributed by atoms with E-state index in [-0.39, 0.29) is 5.75 Å². The number of phenols is 1. The lowest BCUT2D eigenvalue weighted by atomic mass is 10.0. The lowest BCUT2D eigenvalue weighted by molar-refractivity contribution is -0.114. The van der Waals surface area contributed by atoms with Crippen LogP contribution < -0.4 is 10.5 Å². The van der Waals surface area contributed by atoms with Crippen molar-refractivity contribution in [2.45, 2.75) is 6.42 Å². The fraction of sp³-hybridized carbons (Fsp3) is 0.118. The van der Waals surface area contributed by atoms with Gasteiger partial charge in [-0.05, 0) is 29.3 Å². The van der Waals surface area contributed by atoms with Gasteiger partial charge in [-0.15, -0.1) is 0 Å². The van der Waals surface area contributed by atoms with Crippen LogP contribution in [0.2, 0.25) is 0 Å². The first-order chi connectivity index (χ1) is 10.1. The van der Waals surface area contributed by atoms with Crippen LogP contribution in [0.4, 0.5) is 0 Å². The summed E-state index contributed by atoms with van der Waals surface area (Å²) in [5, 5.41) is 9.58. The summed E-state index contributed by atoms with van der Waals surface area (Å²) in [6.45, 7) is 0. The molecule has 0 fully saturated rings. The van der Waals surface area contributed by atoms with E-state index in [4.69, 9.17) is 10.5 Å². The zero-order chi connectivity index (χ0) is 15.2. The maximum atomic E-state index is 11.6. The molecule has 0 heterocycles. The quantitative estimate of drug-likeness (QED) is 0.828. The molecule has 3 N–H and O–H groups in total. The van der Waals surface area contributed by atoms with Crippen molar-refractivity contribution < 1.29 is 14.6 Å². The molecule has 21 heavy (non-hydrogen) atoms. The third-order valence-corrected chi connectivity index (χ3v) is 3.10. The number of carbonyl (C=O) groups excluding carboxylic acids is 1. The minimum atomic E-state index is -0.467. The number of nitrogens with two attached hydrogens (primary N) is 1. The van der Waals surface area contributed by atoms with Gasteiger partial charge in [-0.1, -0.05) is 36.4 Å². The van der Waals surface area contributed by atoms with Crippen LogP contribution in [0, 0.1) is 0 Å². The highest BCUT2D eigenvalue weighted by atomic mass is 16.5. The molecule has 0 atom stereocenters. The van der Waals surface area contributed by atoms with Gasteiger partial charge in [0.05, 0.1) is 7.11 Å². The third-order valence-electron chi connectivity index (χ3n) is 3.10. The Bertz CT molecular complexity index is 663. The second-order valence-electron chi connectivity index (χ2n) is 4.63. The number of phenolic OH excluding ortho intramolecular Hbond substituents is 1. The van der Waals surface area contributed by atoms with Gasteiger partial charge in [0.25, 0.3) is 0 Å². The van der Waals surface area contributed by atoms with Crippen LogP contribution >= 0.6 is 0 Å². The predicted molar refractivity (Wildman–Crippen MR) is 82.0 cm³/mol. The molecule has 0 aliphatic heterocycles. The summed E-state index contributed by atoms with van der Waals surface area (Å²) in [5.41, 5.74) is 7.69. The van der Waals surface area contributed by atoms with Crippen molar-refractivity contribution in [3.05, 3.63) is 65.2 Å².